The summed E-state index contributed by atoms with van der Waals surface area (Å²) in [5, 5.41) is 11.0. The molecule has 4 aliphatic heterocycles. The molecule has 4 aromatic rings. The summed E-state index contributed by atoms with van der Waals surface area (Å²) < 4.78 is 93.2. The van der Waals surface area contributed by atoms with Crippen molar-refractivity contribution in [1.82, 2.24) is 24.8 Å². The quantitative estimate of drug-likeness (QED) is 0.187. The number of amides is 1. The number of anilines is 1. The number of nitrogen functional groups attached to an aromatic ring is 1. The summed E-state index contributed by atoms with van der Waals surface area (Å²) in [4.78, 5) is 28.7. The maximum Gasteiger partial charge on any atom is 0.471 e. The van der Waals surface area contributed by atoms with E-state index in [9.17, 15) is 31.9 Å². The van der Waals surface area contributed by atoms with Crippen molar-refractivity contribution >= 4 is 33.4 Å². The number of fused-ring (bicyclic) bond motifs is 5. The molecule has 15 heteroatoms. The molecule has 4 saturated heterocycles. The first-order chi connectivity index (χ1) is 24.3. The van der Waals surface area contributed by atoms with Gasteiger partial charge in [-0.2, -0.15) is 23.1 Å². The topological polar surface area (TPSA) is 118 Å². The number of hydrogen-bond donors (Lipinski definition) is 2. The van der Waals surface area contributed by atoms with Crippen LogP contribution < -0.4 is 10.5 Å². The number of carbonyl (C=O) groups is 1. The number of piperidine rings is 1. The monoisotopic (exact) mass is 710 g/mol. The van der Waals surface area contributed by atoms with Gasteiger partial charge in [-0.05, 0) is 68.7 Å². The molecular formula is C36H32F6N6O3. The molecule has 4 aliphatic rings. The van der Waals surface area contributed by atoms with E-state index in [1.165, 1.54) is 18.2 Å². The minimum atomic E-state index is -5.03. The average Bonchev–Trinajstić information content (AvgIpc) is 3.70. The van der Waals surface area contributed by atoms with E-state index < -0.39 is 53.4 Å². The lowest BCUT2D eigenvalue weighted by molar-refractivity contribution is -0.190. The van der Waals surface area contributed by atoms with Gasteiger partial charge in [0.2, 0.25) is 0 Å². The lowest BCUT2D eigenvalue weighted by Crippen LogP contribution is -2.51. The number of aromatic nitrogens is 3. The predicted molar refractivity (Wildman–Crippen MR) is 174 cm³/mol. The largest absolute Gasteiger partial charge is 0.508 e. The van der Waals surface area contributed by atoms with E-state index in [1.54, 1.807) is 0 Å². The Morgan fingerprint density at radius 2 is 1.86 bits per heavy atom. The van der Waals surface area contributed by atoms with Crippen LogP contribution in [0.5, 0.6) is 11.8 Å². The Bertz CT molecular complexity index is 2140. The number of phenolic OH excluding ortho intramolecular Hbond substituents is 1. The summed E-state index contributed by atoms with van der Waals surface area (Å²) in [6, 6.07) is 3.32. The molecule has 2 aromatic carbocycles. The van der Waals surface area contributed by atoms with E-state index in [4.69, 9.17) is 16.9 Å². The first-order valence-corrected chi connectivity index (χ1v) is 16.8. The van der Waals surface area contributed by atoms with Crippen LogP contribution in [0.4, 0.5) is 32.2 Å². The molecule has 2 unspecified atom stereocenters. The summed E-state index contributed by atoms with van der Waals surface area (Å²) in [6.07, 6.45) is 2.23. The second-order valence-corrected chi connectivity index (χ2v) is 14.1. The van der Waals surface area contributed by atoms with Gasteiger partial charge >= 0.3 is 18.1 Å². The van der Waals surface area contributed by atoms with Gasteiger partial charge in [0.25, 0.3) is 0 Å². The van der Waals surface area contributed by atoms with Crippen LogP contribution in [0.1, 0.15) is 62.1 Å². The molecule has 4 atom stereocenters. The molecule has 8 rings (SSSR count). The van der Waals surface area contributed by atoms with Crippen LogP contribution in [-0.4, -0.2) is 85.4 Å². The van der Waals surface area contributed by atoms with Crippen molar-refractivity contribution in [3.63, 3.8) is 0 Å². The van der Waals surface area contributed by atoms with E-state index in [0.29, 0.717) is 31.2 Å². The SMILES string of the molecule is C#Cc1c(F)ccc2cc(O)cc(-c3nc(N)c4c(C5CC6CCC(C5)N6C(=O)C(F)(F)F)nc(OC[C@]56CCCN5C[C@@H](F)C6)nc4c3F)c12. The highest BCUT2D eigenvalue weighted by atomic mass is 19.4. The van der Waals surface area contributed by atoms with E-state index in [1.807, 2.05) is 4.90 Å². The van der Waals surface area contributed by atoms with Crippen molar-refractivity contribution in [1.29, 1.82) is 0 Å². The zero-order chi connectivity index (χ0) is 36.0. The van der Waals surface area contributed by atoms with Gasteiger partial charge in [-0.3, -0.25) is 9.69 Å². The number of pyridine rings is 1. The lowest BCUT2D eigenvalue weighted by atomic mass is 9.86. The molecule has 0 saturated carbocycles. The van der Waals surface area contributed by atoms with Crippen LogP contribution in [-0.2, 0) is 4.79 Å². The summed E-state index contributed by atoms with van der Waals surface area (Å²) >= 11 is 0. The number of nitrogens with zero attached hydrogens (tertiary/aromatic N) is 5. The van der Waals surface area contributed by atoms with Gasteiger partial charge in [-0.15, -0.1) is 6.42 Å². The standard InChI is InChI=1S/C36H32F6N6O3/c1-2-23-25(38)7-4-17-12-22(49)13-24(26(17)23)30-28(39)31-27(32(43)44-30)29(18-10-20-5-6-21(11-18)48(20)33(50)36(40,41)42)45-34(46-31)51-16-35-8-3-9-47(35)15-19(37)14-35/h1,4,7,12-13,18-21,49H,3,5-6,8-11,14-16H2,(H2,43,44)/t18?,19-,20?,21?,35+/m0/s1. The minimum Gasteiger partial charge on any atom is -0.508 e. The Labute approximate surface area is 287 Å². The van der Waals surface area contributed by atoms with Crippen molar-refractivity contribution in [2.45, 2.75) is 80.8 Å². The molecule has 6 heterocycles. The Morgan fingerprint density at radius 3 is 2.57 bits per heavy atom. The zero-order valence-corrected chi connectivity index (χ0v) is 27.1. The number of ether oxygens (including phenoxy) is 1. The number of carbonyl (C=O) groups excluding carboxylic acids is 1. The third-order valence-corrected chi connectivity index (χ3v) is 11.1. The number of aromatic hydroxyl groups is 1. The number of hydrogen-bond acceptors (Lipinski definition) is 8. The molecule has 0 aliphatic carbocycles. The van der Waals surface area contributed by atoms with Crippen LogP contribution in [0, 0.1) is 24.0 Å². The van der Waals surface area contributed by atoms with E-state index in [-0.39, 0.29) is 88.8 Å². The van der Waals surface area contributed by atoms with Crippen molar-refractivity contribution in [3.8, 4) is 35.4 Å². The van der Waals surface area contributed by atoms with Crippen molar-refractivity contribution in [2.24, 2.45) is 0 Å². The van der Waals surface area contributed by atoms with Crippen molar-refractivity contribution in [3.05, 3.63) is 47.2 Å². The fourth-order valence-electron chi connectivity index (χ4n) is 9.02. The molecule has 266 valence electrons. The second-order valence-electron chi connectivity index (χ2n) is 14.1. The number of rotatable bonds is 5. The van der Waals surface area contributed by atoms with E-state index in [0.717, 1.165) is 17.4 Å². The summed E-state index contributed by atoms with van der Waals surface area (Å²) in [6.45, 7) is 0.979. The molecule has 2 bridgehead atoms. The summed E-state index contributed by atoms with van der Waals surface area (Å²) in [7, 11) is 0. The van der Waals surface area contributed by atoms with Crippen LogP contribution in [0.2, 0.25) is 0 Å². The number of halogens is 6. The van der Waals surface area contributed by atoms with Gasteiger partial charge in [0.05, 0.1) is 22.2 Å². The molecule has 4 fully saturated rings. The number of terminal acetylenes is 1. The van der Waals surface area contributed by atoms with Crippen molar-refractivity contribution < 1.29 is 41.0 Å². The van der Waals surface area contributed by atoms with Crippen LogP contribution in [0.3, 0.4) is 0 Å². The van der Waals surface area contributed by atoms with Gasteiger partial charge < -0.3 is 20.5 Å². The highest BCUT2D eigenvalue weighted by Gasteiger charge is 2.53. The van der Waals surface area contributed by atoms with Gasteiger partial charge in [0, 0.05) is 41.9 Å². The molecule has 0 spiro atoms. The van der Waals surface area contributed by atoms with E-state index >= 15 is 4.39 Å². The molecule has 51 heavy (non-hydrogen) atoms. The molecular weight excluding hydrogens is 678 g/mol. The van der Waals surface area contributed by atoms with Gasteiger partial charge in [0.15, 0.2) is 5.82 Å². The normalized spacial score (nSPS) is 26.2. The highest BCUT2D eigenvalue weighted by Crippen LogP contribution is 2.48. The van der Waals surface area contributed by atoms with Gasteiger partial charge in [-0.1, -0.05) is 12.0 Å². The minimum absolute atomic E-state index is 0.0131. The number of nitrogens with two attached hydrogens (primary N) is 1. The third kappa shape index (κ3) is 5.37. The number of phenols is 1. The Balaban J connectivity index is 1.28. The maximum absolute atomic E-state index is 17.0. The van der Waals surface area contributed by atoms with Crippen molar-refractivity contribution in [2.75, 3.05) is 25.4 Å². The Kier molecular flexibility index (Phi) is 7.75. The fraction of sp³-hybridized carbons (Fsp3) is 0.444. The Morgan fingerprint density at radius 1 is 1.12 bits per heavy atom. The van der Waals surface area contributed by atoms with Crippen LogP contribution in [0.15, 0.2) is 24.3 Å². The molecule has 0 radical (unpaired) electrons. The maximum atomic E-state index is 17.0. The average molecular weight is 711 g/mol. The first-order valence-electron chi connectivity index (χ1n) is 16.8. The zero-order valence-electron chi connectivity index (χ0n) is 27.1. The van der Waals surface area contributed by atoms with Crippen LogP contribution >= 0.6 is 0 Å². The smallest absolute Gasteiger partial charge is 0.471 e. The van der Waals surface area contributed by atoms with Gasteiger partial charge in [-0.25, -0.2) is 18.2 Å². The third-order valence-electron chi connectivity index (χ3n) is 11.1. The predicted octanol–water partition coefficient (Wildman–Crippen LogP) is 6.15. The Hall–Kier alpha value is -4.84. The summed E-state index contributed by atoms with van der Waals surface area (Å²) in [5.41, 5.74) is 5.20. The lowest BCUT2D eigenvalue weighted by Gasteiger charge is -2.39. The number of alkyl halides is 4. The second kappa shape index (κ2) is 11.9. The summed E-state index contributed by atoms with van der Waals surface area (Å²) in [5.74, 6) is -2.45. The van der Waals surface area contributed by atoms with E-state index in [2.05, 4.69) is 20.9 Å². The highest BCUT2D eigenvalue weighted by molar-refractivity contribution is 6.03. The van der Waals surface area contributed by atoms with Gasteiger partial charge in [0.1, 0.15) is 41.4 Å². The molecule has 9 nitrogen and oxygen atoms in total. The molecule has 2 aromatic heterocycles. The molecule has 3 N–H and O–H groups in total. The number of benzene rings is 2. The van der Waals surface area contributed by atoms with Crippen LogP contribution in [0.25, 0.3) is 32.9 Å². The molecule has 1 amide bonds. The fourth-order valence-corrected chi connectivity index (χ4v) is 9.02. The first kappa shape index (κ1) is 33.3.